The maximum Gasteiger partial charge on any atom is 0.139 e. The van der Waals surface area contributed by atoms with E-state index in [2.05, 4.69) is 20.6 Å². The van der Waals surface area contributed by atoms with E-state index >= 15 is 0 Å². The summed E-state index contributed by atoms with van der Waals surface area (Å²) in [4.78, 5) is 8.40. The van der Waals surface area contributed by atoms with Gasteiger partial charge in [-0.25, -0.2) is 14.4 Å². The van der Waals surface area contributed by atoms with E-state index < -0.39 is 0 Å². The molecule has 0 fully saturated rings. The maximum absolute atomic E-state index is 13.4. The molecule has 0 saturated heterocycles. The standard InChI is InChI=1S/C14H17FN4/c1-4-12-13(16-3)17-8-18-14(12)19-11-6-9(2)5-10(15)7-11/h5-8H,4H2,1-3H3,(H2,16,17,18,19). The van der Waals surface area contributed by atoms with Gasteiger partial charge in [0, 0.05) is 18.3 Å². The van der Waals surface area contributed by atoms with E-state index in [1.165, 1.54) is 18.5 Å². The van der Waals surface area contributed by atoms with Crippen molar-refractivity contribution < 1.29 is 4.39 Å². The van der Waals surface area contributed by atoms with Crippen LogP contribution in [0.25, 0.3) is 0 Å². The van der Waals surface area contributed by atoms with Crippen molar-refractivity contribution in [2.24, 2.45) is 0 Å². The van der Waals surface area contributed by atoms with Crippen molar-refractivity contribution >= 4 is 17.3 Å². The molecule has 0 saturated carbocycles. The Morgan fingerprint density at radius 1 is 1.16 bits per heavy atom. The first kappa shape index (κ1) is 13.3. The molecule has 4 nitrogen and oxygen atoms in total. The Labute approximate surface area is 112 Å². The van der Waals surface area contributed by atoms with Crippen LogP contribution in [0.15, 0.2) is 24.5 Å². The highest BCUT2D eigenvalue weighted by molar-refractivity contribution is 5.65. The predicted octanol–water partition coefficient (Wildman–Crippen LogP) is 3.27. The Balaban J connectivity index is 2.37. The zero-order valence-corrected chi connectivity index (χ0v) is 11.3. The molecule has 5 heteroatoms. The van der Waals surface area contributed by atoms with Gasteiger partial charge in [-0.2, -0.15) is 0 Å². The number of rotatable bonds is 4. The summed E-state index contributed by atoms with van der Waals surface area (Å²) in [6, 6.07) is 4.82. The first-order chi connectivity index (χ1) is 9.13. The van der Waals surface area contributed by atoms with Crippen molar-refractivity contribution in [3.8, 4) is 0 Å². The van der Waals surface area contributed by atoms with Gasteiger partial charge in [-0.15, -0.1) is 0 Å². The summed E-state index contributed by atoms with van der Waals surface area (Å²) in [6.45, 7) is 3.88. The van der Waals surface area contributed by atoms with Crippen molar-refractivity contribution in [2.75, 3.05) is 17.7 Å². The number of aromatic nitrogens is 2. The second kappa shape index (κ2) is 5.65. The largest absolute Gasteiger partial charge is 0.373 e. The van der Waals surface area contributed by atoms with E-state index in [0.29, 0.717) is 11.5 Å². The average Bonchev–Trinajstić information content (AvgIpc) is 2.37. The minimum Gasteiger partial charge on any atom is -0.373 e. The minimum absolute atomic E-state index is 0.261. The number of nitrogens with zero attached hydrogens (tertiary/aromatic N) is 2. The normalized spacial score (nSPS) is 10.3. The fourth-order valence-electron chi connectivity index (χ4n) is 2.02. The maximum atomic E-state index is 13.4. The van der Waals surface area contributed by atoms with Gasteiger partial charge in [-0.3, -0.25) is 0 Å². The Morgan fingerprint density at radius 2 is 1.89 bits per heavy atom. The zero-order valence-electron chi connectivity index (χ0n) is 11.3. The molecule has 0 bridgehead atoms. The van der Waals surface area contributed by atoms with Crippen LogP contribution in [0.2, 0.25) is 0 Å². The second-order valence-corrected chi connectivity index (χ2v) is 4.30. The summed E-state index contributed by atoms with van der Waals surface area (Å²) >= 11 is 0. The topological polar surface area (TPSA) is 49.8 Å². The third kappa shape index (κ3) is 2.99. The Kier molecular flexibility index (Phi) is 3.94. The SMILES string of the molecule is CCc1c(NC)ncnc1Nc1cc(C)cc(F)c1. The van der Waals surface area contributed by atoms with E-state index in [-0.39, 0.29) is 5.82 Å². The highest BCUT2D eigenvalue weighted by Crippen LogP contribution is 2.24. The molecule has 0 radical (unpaired) electrons. The van der Waals surface area contributed by atoms with Gasteiger partial charge in [-0.1, -0.05) is 6.92 Å². The molecule has 0 aliphatic rings. The molecule has 2 N–H and O–H groups in total. The number of hydrogen-bond acceptors (Lipinski definition) is 4. The van der Waals surface area contributed by atoms with Gasteiger partial charge in [0.2, 0.25) is 0 Å². The number of nitrogens with one attached hydrogen (secondary N) is 2. The highest BCUT2D eigenvalue weighted by Gasteiger charge is 2.09. The highest BCUT2D eigenvalue weighted by atomic mass is 19.1. The molecule has 0 spiro atoms. The van der Waals surface area contributed by atoms with Gasteiger partial charge in [-0.05, 0) is 37.1 Å². The van der Waals surface area contributed by atoms with Crippen LogP contribution in [0.1, 0.15) is 18.1 Å². The summed E-state index contributed by atoms with van der Waals surface area (Å²) < 4.78 is 13.4. The lowest BCUT2D eigenvalue weighted by molar-refractivity contribution is 0.627. The van der Waals surface area contributed by atoms with Gasteiger partial charge < -0.3 is 10.6 Å². The van der Waals surface area contributed by atoms with Crippen LogP contribution in [0, 0.1) is 12.7 Å². The molecule has 0 amide bonds. The number of anilines is 3. The quantitative estimate of drug-likeness (QED) is 0.885. The van der Waals surface area contributed by atoms with E-state index in [4.69, 9.17) is 0 Å². The van der Waals surface area contributed by atoms with Crippen LogP contribution in [0.5, 0.6) is 0 Å². The van der Waals surface area contributed by atoms with E-state index in [1.54, 1.807) is 0 Å². The molecule has 1 aromatic heterocycles. The number of aryl methyl sites for hydroxylation is 1. The van der Waals surface area contributed by atoms with Crippen LogP contribution in [-0.4, -0.2) is 17.0 Å². The van der Waals surface area contributed by atoms with Crippen LogP contribution in [-0.2, 0) is 6.42 Å². The molecule has 0 aliphatic heterocycles. The Bertz CT molecular complexity index is 563. The summed E-state index contributed by atoms with van der Waals surface area (Å²) in [5.74, 6) is 1.23. The lowest BCUT2D eigenvalue weighted by atomic mass is 10.2. The fourth-order valence-corrected chi connectivity index (χ4v) is 2.02. The van der Waals surface area contributed by atoms with Crippen LogP contribution >= 0.6 is 0 Å². The van der Waals surface area contributed by atoms with E-state index in [0.717, 1.165) is 23.4 Å². The molecule has 19 heavy (non-hydrogen) atoms. The zero-order chi connectivity index (χ0) is 13.8. The Morgan fingerprint density at radius 3 is 2.53 bits per heavy atom. The molecule has 0 atom stereocenters. The first-order valence-electron chi connectivity index (χ1n) is 6.20. The predicted molar refractivity (Wildman–Crippen MR) is 75.4 cm³/mol. The van der Waals surface area contributed by atoms with Crippen molar-refractivity contribution in [3.05, 3.63) is 41.5 Å². The van der Waals surface area contributed by atoms with Gasteiger partial charge in [0.15, 0.2) is 0 Å². The average molecular weight is 260 g/mol. The number of hydrogen-bond donors (Lipinski definition) is 2. The van der Waals surface area contributed by atoms with Crippen molar-refractivity contribution in [1.29, 1.82) is 0 Å². The fraction of sp³-hybridized carbons (Fsp3) is 0.286. The third-order valence-electron chi connectivity index (χ3n) is 2.84. The summed E-state index contributed by atoms with van der Waals surface area (Å²) in [7, 11) is 1.82. The minimum atomic E-state index is -0.261. The van der Waals surface area contributed by atoms with Crippen LogP contribution in [0.3, 0.4) is 0 Å². The monoisotopic (exact) mass is 260 g/mol. The molecule has 2 rings (SSSR count). The summed E-state index contributed by atoms with van der Waals surface area (Å²) in [5, 5.41) is 6.18. The molecule has 1 heterocycles. The van der Waals surface area contributed by atoms with Crippen molar-refractivity contribution in [3.63, 3.8) is 0 Å². The molecule has 1 aromatic carbocycles. The van der Waals surface area contributed by atoms with E-state index in [1.807, 2.05) is 27.0 Å². The number of benzene rings is 1. The lowest BCUT2D eigenvalue weighted by Crippen LogP contribution is -2.05. The smallest absolute Gasteiger partial charge is 0.139 e. The number of halogens is 1. The van der Waals surface area contributed by atoms with Crippen LogP contribution in [0.4, 0.5) is 21.7 Å². The third-order valence-corrected chi connectivity index (χ3v) is 2.84. The van der Waals surface area contributed by atoms with Crippen molar-refractivity contribution in [2.45, 2.75) is 20.3 Å². The molecular weight excluding hydrogens is 243 g/mol. The van der Waals surface area contributed by atoms with Gasteiger partial charge >= 0.3 is 0 Å². The molecule has 2 aromatic rings. The van der Waals surface area contributed by atoms with Gasteiger partial charge in [0.1, 0.15) is 23.8 Å². The van der Waals surface area contributed by atoms with Crippen LogP contribution < -0.4 is 10.6 Å². The lowest BCUT2D eigenvalue weighted by Gasteiger charge is -2.13. The Hall–Kier alpha value is -2.17. The molecule has 0 unspecified atom stereocenters. The van der Waals surface area contributed by atoms with Gasteiger partial charge in [0.05, 0.1) is 0 Å². The van der Waals surface area contributed by atoms with E-state index in [9.17, 15) is 4.39 Å². The second-order valence-electron chi connectivity index (χ2n) is 4.30. The first-order valence-corrected chi connectivity index (χ1v) is 6.20. The van der Waals surface area contributed by atoms with Gasteiger partial charge in [0.25, 0.3) is 0 Å². The molecule has 0 aliphatic carbocycles. The molecular formula is C14H17FN4. The summed E-state index contributed by atoms with van der Waals surface area (Å²) in [5.41, 5.74) is 2.53. The summed E-state index contributed by atoms with van der Waals surface area (Å²) in [6.07, 6.45) is 2.27. The van der Waals surface area contributed by atoms with Crippen molar-refractivity contribution in [1.82, 2.24) is 9.97 Å². The molecule has 100 valence electrons.